The fraction of sp³-hybridized carbons (Fsp3) is 0.267. The molecular formula is C15H11ClF4N2O. The highest BCUT2D eigenvalue weighted by Gasteiger charge is 2.43. The first kappa shape index (κ1) is 16.0. The molecular weight excluding hydrogens is 336 g/mol. The third-order valence-electron chi connectivity index (χ3n) is 3.84. The monoisotopic (exact) mass is 346 g/mol. The molecule has 0 saturated heterocycles. The number of fused-ring (bicyclic) bond motifs is 1. The van der Waals surface area contributed by atoms with Gasteiger partial charge in [-0.05, 0) is 41.6 Å². The summed E-state index contributed by atoms with van der Waals surface area (Å²) in [5.74, 6) is -0.913. The number of nitrogens with zero attached hydrogens (tertiary/aromatic N) is 1. The van der Waals surface area contributed by atoms with Crippen molar-refractivity contribution in [3.8, 4) is 5.75 Å². The summed E-state index contributed by atoms with van der Waals surface area (Å²) in [5.41, 5.74) is -2.00. The molecule has 0 unspecified atom stereocenters. The molecule has 1 N–H and O–H groups in total. The van der Waals surface area contributed by atoms with Gasteiger partial charge < -0.3 is 4.74 Å². The molecule has 2 heterocycles. The summed E-state index contributed by atoms with van der Waals surface area (Å²) in [6.07, 6.45) is -3.06. The molecule has 1 aliphatic heterocycles. The van der Waals surface area contributed by atoms with E-state index in [-0.39, 0.29) is 18.6 Å². The zero-order valence-corrected chi connectivity index (χ0v) is 12.4. The molecule has 1 aromatic heterocycles. The lowest BCUT2D eigenvalue weighted by molar-refractivity contribution is -0.140. The summed E-state index contributed by atoms with van der Waals surface area (Å²) in [4.78, 5) is 6.72. The summed E-state index contributed by atoms with van der Waals surface area (Å²) in [6.45, 7) is 0.233. The van der Waals surface area contributed by atoms with Crippen molar-refractivity contribution >= 4 is 11.8 Å². The first-order valence-electron chi connectivity index (χ1n) is 6.72. The van der Waals surface area contributed by atoms with Crippen molar-refractivity contribution in [2.75, 3.05) is 6.61 Å². The largest absolute Gasteiger partial charge is 0.491 e. The SMILES string of the molecule is Fc1ccc([C@@]2(NCl)CCOc3cccnc32)cc1C(F)(F)F. The number of benzene rings is 1. The summed E-state index contributed by atoms with van der Waals surface area (Å²) in [7, 11) is 0. The van der Waals surface area contributed by atoms with Gasteiger partial charge in [-0.2, -0.15) is 13.2 Å². The van der Waals surface area contributed by atoms with E-state index in [1.165, 1.54) is 12.3 Å². The third-order valence-corrected chi connectivity index (χ3v) is 4.16. The highest BCUT2D eigenvalue weighted by atomic mass is 35.5. The Bertz CT molecular complexity index is 738. The van der Waals surface area contributed by atoms with Gasteiger partial charge in [0.25, 0.3) is 0 Å². The Morgan fingerprint density at radius 3 is 2.74 bits per heavy atom. The summed E-state index contributed by atoms with van der Waals surface area (Å²) < 4.78 is 58.0. The highest BCUT2D eigenvalue weighted by molar-refractivity contribution is 6.14. The Labute approximate surface area is 134 Å². The van der Waals surface area contributed by atoms with Crippen LogP contribution in [-0.4, -0.2) is 11.6 Å². The average Bonchev–Trinajstić information content (AvgIpc) is 2.53. The maximum Gasteiger partial charge on any atom is 0.419 e. The van der Waals surface area contributed by atoms with Crippen molar-refractivity contribution in [3.05, 3.63) is 59.2 Å². The van der Waals surface area contributed by atoms with Gasteiger partial charge in [-0.1, -0.05) is 6.07 Å². The van der Waals surface area contributed by atoms with Crippen LogP contribution in [0.15, 0.2) is 36.5 Å². The molecule has 0 bridgehead atoms. The second-order valence-corrected chi connectivity index (χ2v) is 5.33. The molecule has 3 rings (SSSR count). The molecule has 122 valence electrons. The number of hydrogen-bond acceptors (Lipinski definition) is 3. The van der Waals surface area contributed by atoms with E-state index in [1.807, 2.05) is 0 Å². The van der Waals surface area contributed by atoms with Gasteiger partial charge in [0.2, 0.25) is 0 Å². The molecule has 8 heteroatoms. The molecule has 3 nitrogen and oxygen atoms in total. The molecule has 0 aliphatic carbocycles. The first-order valence-corrected chi connectivity index (χ1v) is 7.09. The molecule has 1 aromatic carbocycles. The molecule has 0 fully saturated rings. The van der Waals surface area contributed by atoms with Crippen LogP contribution in [0.25, 0.3) is 0 Å². The van der Waals surface area contributed by atoms with Crippen LogP contribution in [0.2, 0.25) is 0 Å². The lowest BCUT2D eigenvalue weighted by Gasteiger charge is -2.37. The van der Waals surface area contributed by atoms with Gasteiger partial charge in [0.15, 0.2) is 0 Å². The van der Waals surface area contributed by atoms with E-state index in [0.29, 0.717) is 11.4 Å². The highest BCUT2D eigenvalue weighted by Crippen LogP contribution is 2.42. The summed E-state index contributed by atoms with van der Waals surface area (Å²) in [6, 6.07) is 6.11. The Balaban J connectivity index is 2.20. The topological polar surface area (TPSA) is 34.1 Å². The van der Waals surface area contributed by atoms with Gasteiger partial charge in [-0.3, -0.25) is 4.98 Å². The van der Waals surface area contributed by atoms with Crippen molar-refractivity contribution < 1.29 is 22.3 Å². The minimum atomic E-state index is -4.80. The molecule has 1 aliphatic rings. The number of rotatable bonds is 2. The van der Waals surface area contributed by atoms with E-state index in [2.05, 4.69) is 9.82 Å². The predicted molar refractivity (Wildman–Crippen MR) is 75.5 cm³/mol. The van der Waals surface area contributed by atoms with Crippen LogP contribution in [0.3, 0.4) is 0 Å². The van der Waals surface area contributed by atoms with E-state index < -0.39 is 23.1 Å². The van der Waals surface area contributed by atoms with Crippen molar-refractivity contribution in [2.24, 2.45) is 0 Å². The second-order valence-electron chi connectivity index (χ2n) is 5.14. The summed E-state index contributed by atoms with van der Waals surface area (Å²) >= 11 is 5.89. The lowest BCUT2D eigenvalue weighted by atomic mass is 9.82. The van der Waals surface area contributed by atoms with Gasteiger partial charge in [0.1, 0.15) is 22.8 Å². The maximum atomic E-state index is 13.5. The summed E-state index contributed by atoms with van der Waals surface area (Å²) in [5, 5.41) is 0. The van der Waals surface area contributed by atoms with Crippen LogP contribution in [0.4, 0.5) is 17.6 Å². The fourth-order valence-electron chi connectivity index (χ4n) is 2.70. The quantitative estimate of drug-likeness (QED) is 0.659. The van der Waals surface area contributed by atoms with Crippen LogP contribution >= 0.6 is 11.8 Å². The first-order chi connectivity index (χ1) is 10.9. The number of pyridine rings is 1. The average molecular weight is 347 g/mol. The van der Waals surface area contributed by atoms with Crippen LogP contribution in [0.5, 0.6) is 5.75 Å². The number of alkyl halides is 3. The molecule has 23 heavy (non-hydrogen) atoms. The van der Waals surface area contributed by atoms with Crippen LogP contribution in [0, 0.1) is 5.82 Å². The molecule has 1 atom stereocenters. The molecule has 0 spiro atoms. The Morgan fingerprint density at radius 1 is 1.26 bits per heavy atom. The van der Waals surface area contributed by atoms with E-state index >= 15 is 0 Å². The number of hydrogen-bond donors (Lipinski definition) is 1. The van der Waals surface area contributed by atoms with Crippen molar-refractivity contribution in [1.29, 1.82) is 0 Å². The number of ether oxygens (including phenoxy) is 1. The van der Waals surface area contributed by atoms with E-state index in [1.54, 1.807) is 12.1 Å². The van der Waals surface area contributed by atoms with Gasteiger partial charge in [0.05, 0.1) is 12.2 Å². The normalized spacial score (nSPS) is 20.7. The standard InChI is InChI=1S/C15H11ClF4N2O/c16-22-14(5-7-23-12-2-1-6-21-13(12)14)9-3-4-11(17)10(8-9)15(18,19)20/h1-4,6,8,22H,5,7H2/t14-/m0/s1. The molecule has 0 amide bonds. The molecule has 2 aromatic rings. The van der Waals surface area contributed by atoms with Crippen molar-refractivity contribution in [3.63, 3.8) is 0 Å². The fourth-order valence-corrected chi connectivity index (χ4v) is 2.99. The van der Waals surface area contributed by atoms with Gasteiger partial charge >= 0.3 is 6.18 Å². The number of aromatic nitrogens is 1. The van der Waals surface area contributed by atoms with E-state index in [4.69, 9.17) is 16.5 Å². The van der Waals surface area contributed by atoms with Gasteiger partial charge in [0, 0.05) is 12.6 Å². The van der Waals surface area contributed by atoms with E-state index in [9.17, 15) is 17.6 Å². The minimum absolute atomic E-state index is 0.171. The zero-order valence-electron chi connectivity index (χ0n) is 11.6. The number of halogens is 5. The van der Waals surface area contributed by atoms with Crippen LogP contribution in [-0.2, 0) is 11.7 Å². The van der Waals surface area contributed by atoms with Crippen LogP contribution < -0.4 is 9.57 Å². The Morgan fingerprint density at radius 2 is 2.04 bits per heavy atom. The van der Waals surface area contributed by atoms with Gasteiger partial charge in [-0.15, -0.1) is 0 Å². The maximum absolute atomic E-state index is 13.5. The second kappa shape index (κ2) is 5.65. The predicted octanol–water partition coefficient (Wildman–Crippen LogP) is 4.01. The number of nitrogens with one attached hydrogen (secondary N) is 1. The zero-order chi connectivity index (χ0) is 16.7. The third kappa shape index (κ3) is 2.64. The van der Waals surface area contributed by atoms with Crippen LogP contribution in [0.1, 0.15) is 23.2 Å². The Kier molecular flexibility index (Phi) is 3.93. The smallest absolute Gasteiger partial charge is 0.419 e. The molecule has 0 saturated carbocycles. The lowest BCUT2D eigenvalue weighted by Crippen LogP contribution is -2.43. The molecule has 0 radical (unpaired) electrons. The minimum Gasteiger partial charge on any atom is -0.491 e. The van der Waals surface area contributed by atoms with Crippen molar-refractivity contribution in [2.45, 2.75) is 18.1 Å². The van der Waals surface area contributed by atoms with Crippen molar-refractivity contribution in [1.82, 2.24) is 9.82 Å². The Hall–Kier alpha value is -1.86. The van der Waals surface area contributed by atoms with Gasteiger partial charge in [-0.25, -0.2) is 9.23 Å². The van der Waals surface area contributed by atoms with E-state index in [0.717, 1.165) is 12.1 Å².